The van der Waals surface area contributed by atoms with E-state index in [4.69, 9.17) is 4.74 Å². The Hall–Kier alpha value is -1.85. The van der Waals surface area contributed by atoms with Crippen LogP contribution in [0.2, 0.25) is 0 Å². The van der Waals surface area contributed by atoms with E-state index >= 15 is 0 Å². The Morgan fingerprint density at radius 3 is 2.52 bits per heavy atom. The number of benzene rings is 1. The van der Waals surface area contributed by atoms with Gasteiger partial charge in [-0.05, 0) is 18.8 Å². The Morgan fingerprint density at radius 1 is 1.24 bits per heavy atom. The third-order valence-electron chi connectivity index (χ3n) is 3.74. The summed E-state index contributed by atoms with van der Waals surface area (Å²) in [4.78, 5) is 34.6. The van der Waals surface area contributed by atoms with E-state index in [0.717, 1.165) is 12.8 Å². The van der Waals surface area contributed by atoms with Gasteiger partial charge in [0.15, 0.2) is 12.1 Å². The molecule has 0 aliphatic carbocycles. The first-order chi connectivity index (χ1) is 10.2. The molecule has 1 aliphatic heterocycles. The normalized spacial score (nSPS) is 17.1. The lowest BCUT2D eigenvalue weighted by atomic mass is 9.89. The van der Waals surface area contributed by atoms with E-state index in [0.29, 0.717) is 25.1 Å². The number of hydrogen-bond donors (Lipinski definition) is 1. The van der Waals surface area contributed by atoms with Crippen molar-refractivity contribution < 1.29 is 19.1 Å². The second-order valence-electron chi connectivity index (χ2n) is 5.12. The van der Waals surface area contributed by atoms with Crippen LogP contribution in [0.1, 0.15) is 23.2 Å². The van der Waals surface area contributed by atoms with E-state index in [2.05, 4.69) is 5.32 Å². The summed E-state index contributed by atoms with van der Waals surface area (Å²) in [5, 5.41) is 2.95. The summed E-state index contributed by atoms with van der Waals surface area (Å²) in [5.41, 5.74) is 0.592. The molecule has 1 fully saturated rings. The molecule has 1 saturated heterocycles. The summed E-state index contributed by atoms with van der Waals surface area (Å²) >= 11 is 0. The molecule has 1 atom stereocenters. The van der Waals surface area contributed by atoms with Gasteiger partial charge in [0.2, 0.25) is 5.78 Å². The number of Topliss-reactive ketones (excluding diaryl/α,β-unsaturated/α-hetero) is 2. The molecular weight excluding hydrogens is 270 g/mol. The van der Waals surface area contributed by atoms with Gasteiger partial charge < -0.3 is 4.74 Å². The molecule has 0 bridgehead atoms. The molecule has 0 spiro atoms. The zero-order valence-corrected chi connectivity index (χ0v) is 11.8. The molecule has 1 aromatic carbocycles. The first kappa shape index (κ1) is 15.5. The van der Waals surface area contributed by atoms with Gasteiger partial charge in [-0.25, -0.2) is 0 Å². The quantitative estimate of drug-likeness (QED) is 0.461. The molecule has 1 aromatic rings. The summed E-state index contributed by atoms with van der Waals surface area (Å²) < 4.78 is 5.26. The minimum absolute atomic E-state index is 0.0417. The molecule has 0 aromatic heterocycles. The van der Waals surface area contributed by atoms with Gasteiger partial charge in [0.1, 0.15) is 0 Å². The molecule has 112 valence electrons. The van der Waals surface area contributed by atoms with Crippen molar-refractivity contribution in [2.45, 2.75) is 18.9 Å². The molecule has 21 heavy (non-hydrogen) atoms. The highest BCUT2D eigenvalue weighted by molar-refractivity contribution is 6.27. The number of carbonyl (C=O) groups excluding carboxylic acids is 3. The summed E-state index contributed by atoms with van der Waals surface area (Å²) in [6, 6.07) is 8.29. The Kier molecular flexibility index (Phi) is 5.78. The van der Waals surface area contributed by atoms with Gasteiger partial charge in [-0.2, -0.15) is 0 Å². The fraction of sp³-hybridized carbons (Fsp3) is 0.438. The smallest absolute Gasteiger partial charge is 0.212 e. The fourth-order valence-corrected chi connectivity index (χ4v) is 2.55. The van der Waals surface area contributed by atoms with E-state index in [1.54, 1.807) is 24.3 Å². The minimum atomic E-state index is -0.598. The van der Waals surface area contributed by atoms with Crippen molar-refractivity contribution in [2.24, 2.45) is 5.92 Å². The van der Waals surface area contributed by atoms with Crippen molar-refractivity contribution in [1.82, 2.24) is 5.32 Å². The maximum atomic E-state index is 12.1. The predicted molar refractivity (Wildman–Crippen MR) is 77.2 cm³/mol. The molecule has 1 aliphatic rings. The van der Waals surface area contributed by atoms with Crippen molar-refractivity contribution in [1.29, 1.82) is 0 Å². The van der Waals surface area contributed by atoms with Crippen molar-refractivity contribution in [3.63, 3.8) is 0 Å². The number of rotatable bonds is 7. The number of ether oxygens (including phenoxy) is 1. The van der Waals surface area contributed by atoms with Crippen LogP contribution in [0, 0.1) is 5.92 Å². The third kappa shape index (κ3) is 4.31. The van der Waals surface area contributed by atoms with Gasteiger partial charge in [0.25, 0.3) is 0 Å². The van der Waals surface area contributed by atoms with Crippen molar-refractivity contribution >= 4 is 17.9 Å². The van der Waals surface area contributed by atoms with Crippen molar-refractivity contribution in [3.05, 3.63) is 35.9 Å². The predicted octanol–water partition coefficient (Wildman–Crippen LogP) is 1.02. The van der Waals surface area contributed by atoms with Crippen LogP contribution in [0.5, 0.6) is 0 Å². The second kappa shape index (κ2) is 7.81. The van der Waals surface area contributed by atoms with E-state index < -0.39 is 11.8 Å². The number of ketones is 2. The number of carbonyl (C=O) groups is 3. The Bertz CT molecular complexity index is 494. The summed E-state index contributed by atoms with van der Waals surface area (Å²) in [7, 11) is 0. The first-order valence-corrected chi connectivity index (χ1v) is 7.10. The van der Waals surface area contributed by atoms with Crippen LogP contribution in [-0.4, -0.2) is 43.7 Å². The van der Waals surface area contributed by atoms with Crippen molar-refractivity contribution in [3.8, 4) is 0 Å². The van der Waals surface area contributed by atoms with E-state index in [1.807, 2.05) is 6.07 Å². The largest absolute Gasteiger partial charge is 0.381 e. The van der Waals surface area contributed by atoms with Crippen molar-refractivity contribution in [2.75, 3.05) is 19.8 Å². The zero-order chi connectivity index (χ0) is 15.1. The third-order valence-corrected chi connectivity index (χ3v) is 3.74. The molecule has 0 amide bonds. The lowest BCUT2D eigenvalue weighted by Crippen LogP contribution is -2.47. The molecule has 2 rings (SSSR count). The highest BCUT2D eigenvalue weighted by atomic mass is 16.5. The van der Waals surface area contributed by atoms with E-state index in [1.165, 1.54) is 0 Å². The first-order valence-electron chi connectivity index (χ1n) is 7.10. The zero-order valence-electron chi connectivity index (χ0n) is 11.8. The van der Waals surface area contributed by atoms with Crippen LogP contribution in [0.3, 0.4) is 0 Å². The molecule has 1 N–H and O–H groups in total. The van der Waals surface area contributed by atoms with Gasteiger partial charge >= 0.3 is 0 Å². The average Bonchev–Trinajstić information content (AvgIpc) is 2.56. The van der Waals surface area contributed by atoms with Crippen LogP contribution in [0.4, 0.5) is 0 Å². The van der Waals surface area contributed by atoms with Gasteiger partial charge in [0.05, 0.1) is 12.6 Å². The molecule has 5 heteroatoms. The fourth-order valence-electron chi connectivity index (χ4n) is 2.55. The second-order valence-corrected chi connectivity index (χ2v) is 5.12. The molecular formula is C16H19NO4. The monoisotopic (exact) mass is 289 g/mol. The van der Waals surface area contributed by atoms with Gasteiger partial charge in [-0.1, -0.05) is 30.3 Å². The Morgan fingerprint density at radius 2 is 1.90 bits per heavy atom. The van der Waals surface area contributed by atoms with Crippen LogP contribution in [-0.2, 0) is 14.3 Å². The molecule has 5 nitrogen and oxygen atoms in total. The maximum absolute atomic E-state index is 12.1. The summed E-state index contributed by atoms with van der Waals surface area (Å²) in [6.45, 7) is 1.22. The minimum Gasteiger partial charge on any atom is -0.381 e. The average molecular weight is 289 g/mol. The van der Waals surface area contributed by atoms with E-state index in [9.17, 15) is 14.4 Å². The maximum Gasteiger partial charge on any atom is 0.212 e. The Labute approximate surface area is 123 Å². The summed E-state index contributed by atoms with van der Waals surface area (Å²) in [5.74, 6) is -0.547. The lowest BCUT2D eigenvalue weighted by molar-refractivity contribution is -0.132. The highest BCUT2D eigenvalue weighted by Gasteiger charge is 2.29. The number of aldehydes is 1. The van der Waals surface area contributed by atoms with Crippen LogP contribution in [0.25, 0.3) is 0 Å². The molecule has 1 heterocycles. The number of nitrogens with one attached hydrogen (secondary N) is 1. The molecule has 1 unspecified atom stereocenters. The Balaban J connectivity index is 1.97. The lowest BCUT2D eigenvalue weighted by Gasteiger charge is -2.28. The van der Waals surface area contributed by atoms with Crippen LogP contribution >= 0.6 is 0 Å². The summed E-state index contributed by atoms with van der Waals surface area (Å²) in [6.07, 6.45) is 1.77. The molecule has 0 radical (unpaired) electrons. The van der Waals surface area contributed by atoms with Gasteiger partial charge in [-0.3, -0.25) is 19.7 Å². The number of hydrogen-bond acceptors (Lipinski definition) is 5. The van der Waals surface area contributed by atoms with Crippen LogP contribution < -0.4 is 5.32 Å². The molecule has 0 saturated carbocycles. The van der Waals surface area contributed by atoms with E-state index in [-0.39, 0.29) is 18.2 Å². The SMILES string of the molecule is O=CC(=O)C(NCC(=O)c1ccccc1)C1CCOCC1. The van der Waals surface area contributed by atoms with Crippen LogP contribution in [0.15, 0.2) is 30.3 Å². The van der Waals surface area contributed by atoms with Gasteiger partial charge in [0, 0.05) is 18.8 Å². The topological polar surface area (TPSA) is 72.5 Å². The standard InChI is InChI=1S/C16H19NO4/c18-11-15(20)16(13-6-8-21-9-7-13)17-10-14(19)12-4-2-1-3-5-12/h1-5,11,13,16-17H,6-10H2. The highest BCUT2D eigenvalue weighted by Crippen LogP contribution is 2.19. The van der Waals surface area contributed by atoms with Gasteiger partial charge in [-0.15, -0.1) is 0 Å².